The van der Waals surface area contributed by atoms with Crippen molar-refractivity contribution in [1.29, 1.82) is 0 Å². The highest BCUT2D eigenvalue weighted by atomic mass is 32.2. The maximum atomic E-state index is 11.9. The predicted molar refractivity (Wildman–Crippen MR) is 123 cm³/mol. The highest BCUT2D eigenvalue weighted by Crippen LogP contribution is 2.32. The van der Waals surface area contributed by atoms with Gasteiger partial charge in [0.25, 0.3) is 0 Å². The van der Waals surface area contributed by atoms with Crippen molar-refractivity contribution in [1.82, 2.24) is 20.6 Å². The maximum absolute atomic E-state index is 11.9. The number of rotatable bonds is 17. The van der Waals surface area contributed by atoms with Gasteiger partial charge in [-0.2, -0.15) is 5.21 Å². The maximum Gasteiger partial charge on any atom is 0.321 e. The predicted octanol–water partition coefficient (Wildman–Crippen LogP) is 5.76. The Hall–Kier alpha value is -1.89. The zero-order valence-electron chi connectivity index (χ0n) is 18.2. The number of benzene rings is 1. The lowest BCUT2D eigenvalue weighted by Crippen LogP contribution is -2.12. The number of unbranched alkanes of at least 4 members (excludes halogenated alkanes) is 9. The minimum Gasteiger partial charge on any atom is -0.480 e. The van der Waals surface area contributed by atoms with Crippen LogP contribution in [-0.2, 0) is 17.6 Å². The third-order valence-electron chi connectivity index (χ3n) is 5.36. The van der Waals surface area contributed by atoms with Crippen LogP contribution in [0.4, 0.5) is 0 Å². The monoisotopic (exact) mass is 432 g/mol. The van der Waals surface area contributed by atoms with E-state index >= 15 is 0 Å². The van der Waals surface area contributed by atoms with Crippen molar-refractivity contribution in [2.45, 2.75) is 89.2 Å². The summed E-state index contributed by atoms with van der Waals surface area (Å²) >= 11 is 1.43. The number of carboxylic acids is 1. The average Bonchev–Trinajstić information content (AvgIpc) is 3.26. The molecule has 1 aromatic heterocycles. The molecule has 0 saturated heterocycles. The minimum atomic E-state index is -0.788. The van der Waals surface area contributed by atoms with E-state index in [1.54, 1.807) is 0 Å². The molecule has 0 saturated carbocycles. The molecule has 0 aliphatic carbocycles. The summed E-state index contributed by atoms with van der Waals surface area (Å²) in [6, 6.07) is 8.00. The Morgan fingerprint density at radius 1 is 1.00 bits per heavy atom. The molecule has 0 aliphatic heterocycles. The van der Waals surface area contributed by atoms with Gasteiger partial charge in [0.05, 0.1) is 0 Å². The minimum absolute atomic E-state index is 0.559. The number of H-pyrrole nitrogens is 1. The highest BCUT2D eigenvalue weighted by molar-refractivity contribution is 8.00. The summed E-state index contributed by atoms with van der Waals surface area (Å²) in [6.07, 6.45) is 14.6. The van der Waals surface area contributed by atoms with Crippen LogP contribution in [0.5, 0.6) is 0 Å². The lowest BCUT2D eigenvalue weighted by atomic mass is 9.98. The van der Waals surface area contributed by atoms with E-state index in [2.05, 4.69) is 33.6 Å². The smallest absolute Gasteiger partial charge is 0.321 e. The molecule has 0 bridgehead atoms. The zero-order chi connectivity index (χ0) is 21.4. The number of aromatic amines is 1. The van der Waals surface area contributed by atoms with Gasteiger partial charge in [0, 0.05) is 12.2 Å². The number of nitrogens with one attached hydrogen (secondary N) is 1. The number of hydrogen-bond acceptors (Lipinski definition) is 5. The SMILES string of the molecule is CCCCCCCCCCCCc1ccccc1C(SCCc1nn[nH]n1)C(=O)O. The number of carboxylic acid groups (broad SMARTS) is 1. The fraction of sp³-hybridized carbons (Fsp3) is 0.652. The van der Waals surface area contributed by atoms with Gasteiger partial charge in [-0.05, 0) is 24.0 Å². The van der Waals surface area contributed by atoms with Crippen molar-refractivity contribution in [2.24, 2.45) is 0 Å². The van der Waals surface area contributed by atoms with Crippen LogP contribution in [0, 0.1) is 0 Å². The van der Waals surface area contributed by atoms with E-state index in [4.69, 9.17) is 0 Å². The molecular weight excluding hydrogens is 396 g/mol. The molecule has 6 nitrogen and oxygen atoms in total. The number of thioether (sulfide) groups is 1. The van der Waals surface area contributed by atoms with E-state index in [-0.39, 0.29) is 0 Å². The topological polar surface area (TPSA) is 91.8 Å². The van der Waals surface area contributed by atoms with Gasteiger partial charge in [-0.1, -0.05) is 94.2 Å². The van der Waals surface area contributed by atoms with Gasteiger partial charge < -0.3 is 5.11 Å². The van der Waals surface area contributed by atoms with Crippen LogP contribution >= 0.6 is 11.8 Å². The van der Waals surface area contributed by atoms with Crippen molar-refractivity contribution < 1.29 is 9.90 Å². The van der Waals surface area contributed by atoms with Crippen LogP contribution < -0.4 is 0 Å². The first-order chi connectivity index (χ1) is 14.7. The number of hydrogen-bond donors (Lipinski definition) is 2. The molecule has 0 amide bonds. The molecule has 0 fully saturated rings. The molecule has 0 radical (unpaired) electrons. The lowest BCUT2D eigenvalue weighted by Gasteiger charge is -2.16. The van der Waals surface area contributed by atoms with Crippen LogP contribution in [0.3, 0.4) is 0 Å². The van der Waals surface area contributed by atoms with E-state index in [9.17, 15) is 9.90 Å². The molecule has 0 spiro atoms. The Morgan fingerprint density at radius 2 is 1.67 bits per heavy atom. The highest BCUT2D eigenvalue weighted by Gasteiger charge is 2.23. The van der Waals surface area contributed by atoms with Crippen LogP contribution in [0.1, 0.15) is 93.3 Å². The van der Waals surface area contributed by atoms with Gasteiger partial charge in [-0.15, -0.1) is 22.0 Å². The van der Waals surface area contributed by atoms with Crippen LogP contribution in [0.15, 0.2) is 24.3 Å². The number of carbonyl (C=O) groups is 1. The molecule has 2 aromatic rings. The lowest BCUT2D eigenvalue weighted by molar-refractivity contribution is -0.136. The van der Waals surface area contributed by atoms with E-state index < -0.39 is 11.2 Å². The van der Waals surface area contributed by atoms with E-state index in [1.807, 2.05) is 18.2 Å². The van der Waals surface area contributed by atoms with Crippen molar-refractivity contribution in [2.75, 3.05) is 5.75 Å². The van der Waals surface area contributed by atoms with Gasteiger partial charge >= 0.3 is 5.97 Å². The number of aliphatic carboxylic acids is 1. The normalized spacial score (nSPS) is 12.2. The molecule has 30 heavy (non-hydrogen) atoms. The van der Waals surface area contributed by atoms with Crippen molar-refractivity contribution in [3.63, 3.8) is 0 Å². The zero-order valence-corrected chi connectivity index (χ0v) is 19.0. The summed E-state index contributed by atoms with van der Waals surface area (Å²) < 4.78 is 0. The molecule has 2 N–H and O–H groups in total. The van der Waals surface area contributed by atoms with E-state index in [0.29, 0.717) is 18.0 Å². The molecule has 7 heteroatoms. The number of aromatic nitrogens is 4. The van der Waals surface area contributed by atoms with Crippen molar-refractivity contribution >= 4 is 17.7 Å². The van der Waals surface area contributed by atoms with Gasteiger partial charge in [-0.25, -0.2) is 0 Å². The summed E-state index contributed by atoms with van der Waals surface area (Å²) in [6.45, 7) is 2.26. The molecule has 166 valence electrons. The number of aryl methyl sites for hydroxylation is 2. The fourth-order valence-electron chi connectivity index (χ4n) is 3.67. The molecule has 2 rings (SSSR count). The molecule has 1 heterocycles. The third-order valence-corrected chi connectivity index (χ3v) is 6.59. The average molecular weight is 433 g/mol. The van der Waals surface area contributed by atoms with Crippen LogP contribution in [0.25, 0.3) is 0 Å². The third kappa shape index (κ3) is 9.28. The summed E-state index contributed by atoms with van der Waals surface area (Å²) in [5.74, 6) is 0.470. The summed E-state index contributed by atoms with van der Waals surface area (Å²) in [7, 11) is 0. The van der Waals surface area contributed by atoms with Crippen LogP contribution in [0.2, 0.25) is 0 Å². The molecule has 1 atom stereocenters. The van der Waals surface area contributed by atoms with Gasteiger partial charge in [0.1, 0.15) is 5.25 Å². The molecule has 0 aliphatic rings. The van der Waals surface area contributed by atoms with E-state index in [1.165, 1.54) is 69.5 Å². The standard InChI is InChI=1S/C23H36N4O2S/c1-2-3-4-5-6-7-8-9-10-11-14-19-15-12-13-16-20(19)22(23(28)29)30-18-17-21-24-26-27-25-21/h12-13,15-16,22H,2-11,14,17-18H2,1H3,(H,28,29)(H,24,25,26,27). The summed E-state index contributed by atoms with van der Waals surface area (Å²) in [4.78, 5) is 11.9. The van der Waals surface area contributed by atoms with Crippen LogP contribution in [-0.4, -0.2) is 37.5 Å². The molecule has 1 unspecified atom stereocenters. The molecule has 1 aromatic carbocycles. The summed E-state index contributed by atoms with van der Waals surface area (Å²) in [5.41, 5.74) is 2.09. The fourth-order valence-corrected chi connectivity index (χ4v) is 4.76. The second-order valence-electron chi connectivity index (χ2n) is 7.80. The quantitative estimate of drug-likeness (QED) is 0.309. The Balaban J connectivity index is 1.74. The Bertz CT molecular complexity index is 709. The van der Waals surface area contributed by atoms with E-state index in [0.717, 1.165) is 24.0 Å². The first kappa shape index (κ1) is 24.4. The number of tetrazole rings is 1. The Kier molecular flexibility index (Phi) is 12.2. The first-order valence-electron chi connectivity index (χ1n) is 11.4. The van der Waals surface area contributed by atoms with Gasteiger partial charge in [-0.3, -0.25) is 4.79 Å². The van der Waals surface area contributed by atoms with Gasteiger partial charge in [0.2, 0.25) is 0 Å². The second-order valence-corrected chi connectivity index (χ2v) is 9.01. The number of nitrogens with zero attached hydrogens (tertiary/aromatic N) is 3. The summed E-state index contributed by atoms with van der Waals surface area (Å²) in [5, 5.41) is 23.1. The largest absolute Gasteiger partial charge is 0.480 e. The van der Waals surface area contributed by atoms with Crippen molar-refractivity contribution in [3.8, 4) is 0 Å². The molecular formula is C23H36N4O2S. The van der Waals surface area contributed by atoms with Gasteiger partial charge in [0.15, 0.2) is 5.82 Å². The first-order valence-corrected chi connectivity index (χ1v) is 12.4. The second kappa shape index (κ2) is 15.0. The van der Waals surface area contributed by atoms with Crippen molar-refractivity contribution in [3.05, 3.63) is 41.2 Å². The Labute approximate surface area is 184 Å². The Morgan fingerprint density at radius 3 is 2.30 bits per heavy atom.